The van der Waals surface area contributed by atoms with Gasteiger partial charge in [-0.2, -0.15) is 0 Å². The molecule has 2 aliphatic rings. The van der Waals surface area contributed by atoms with Crippen molar-refractivity contribution in [1.29, 1.82) is 0 Å². The molecule has 1 saturated heterocycles. The molecule has 0 amide bonds. The quantitative estimate of drug-likeness (QED) is 0.719. The van der Waals surface area contributed by atoms with E-state index in [1.165, 1.54) is 0 Å². The standard InChI is InChI=1S/C22H26O5S2/c1-16-11-13-17(14-12-16)28(23,24)15-21-22(19-9-5-6-10-20(19)27-21)29(25,26)18-7-3-2-4-8-18/h2-4,7-8,11-14,19-22H,5-6,9-10,15H2,1H3/t19-,20-,21+,22+/m0/s1. The second-order valence-electron chi connectivity index (χ2n) is 8.08. The van der Waals surface area contributed by atoms with Crippen LogP contribution in [0.25, 0.3) is 0 Å². The predicted octanol–water partition coefficient (Wildman–Crippen LogP) is 3.57. The number of rotatable bonds is 5. The first-order valence-electron chi connectivity index (χ1n) is 10.0. The molecule has 1 aliphatic heterocycles. The van der Waals surface area contributed by atoms with Crippen molar-refractivity contribution in [3.63, 3.8) is 0 Å². The van der Waals surface area contributed by atoms with Gasteiger partial charge >= 0.3 is 0 Å². The summed E-state index contributed by atoms with van der Waals surface area (Å²) in [7, 11) is -7.38. The highest BCUT2D eigenvalue weighted by Gasteiger charge is 2.52. The van der Waals surface area contributed by atoms with Crippen molar-refractivity contribution in [3.8, 4) is 0 Å². The fraction of sp³-hybridized carbons (Fsp3) is 0.455. The first-order chi connectivity index (χ1) is 13.8. The lowest BCUT2D eigenvalue weighted by Crippen LogP contribution is -2.40. The summed E-state index contributed by atoms with van der Waals surface area (Å²) in [6.07, 6.45) is 2.42. The Labute approximate surface area is 172 Å². The van der Waals surface area contributed by atoms with E-state index in [2.05, 4.69) is 0 Å². The van der Waals surface area contributed by atoms with Crippen LogP contribution in [0.3, 0.4) is 0 Å². The molecule has 2 aromatic rings. The van der Waals surface area contributed by atoms with Crippen LogP contribution in [0.2, 0.25) is 0 Å². The minimum Gasteiger partial charge on any atom is -0.372 e. The molecule has 7 heteroatoms. The summed E-state index contributed by atoms with van der Waals surface area (Å²) in [6, 6.07) is 15.0. The molecule has 2 fully saturated rings. The molecule has 0 bridgehead atoms. The van der Waals surface area contributed by atoms with Crippen LogP contribution in [-0.2, 0) is 24.4 Å². The predicted molar refractivity (Wildman–Crippen MR) is 111 cm³/mol. The van der Waals surface area contributed by atoms with E-state index in [9.17, 15) is 16.8 Å². The van der Waals surface area contributed by atoms with Gasteiger partial charge in [-0.05, 0) is 44.0 Å². The largest absolute Gasteiger partial charge is 0.372 e. The number of hydrogen-bond acceptors (Lipinski definition) is 5. The Morgan fingerprint density at radius 2 is 1.52 bits per heavy atom. The van der Waals surface area contributed by atoms with Crippen LogP contribution in [0.1, 0.15) is 31.2 Å². The third-order valence-electron chi connectivity index (χ3n) is 6.09. The van der Waals surface area contributed by atoms with Crippen LogP contribution in [0.4, 0.5) is 0 Å². The lowest BCUT2D eigenvalue weighted by atomic mass is 9.85. The van der Waals surface area contributed by atoms with Crippen molar-refractivity contribution in [1.82, 2.24) is 0 Å². The van der Waals surface area contributed by atoms with Crippen molar-refractivity contribution in [3.05, 3.63) is 60.2 Å². The highest BCUT2D eigenvalue weighted by atomic mass is 32.2. The van der Waals surface area contributed by atoms with E-state index in [0.29, 0.717) is 0 Å². The smallest absolute Gasteiger partial charge is 0.184 e. The van der Waals surface area contributed by atoms with Crippen LogP contribution in [-0.4, -0.2) is 40.0 Å². The zero-order chi connectivity index (χ0) is 20.6. The van der Waals surface area contributed by atoms with Crippen molar-refractivity contribution in [2.75, 3.05) is 5.75 Å². The molecule has 1 heterocycles. The summed E-state index contributed by atoms with van der Waals surface area (Å²) in [4.78, 5) is 0.440. The van der Waals surface area contributed by atoms with E-state index in [1.54, 1.807) is 54.6 Å². The zero-order valence-corrected chi connectivity index (χ0v) is 18.0. The molecule has 29 heavy (non-hydrogen) atoms. The summed E-state index contributed by atoms with van der Waals surface area (Å²) in [5.41, 5.74) is 0.969. The molecule has 0 aromatic heterocycles. The van der Waals surface area contributed by atoms with E-state index in [1.807, 2.05) is 6.92 Å². The van der Waals surface area contributed by atoms with E-state index in [-0.39, 0.29) is 27.6 Å². The van der Waals surface area contributed by atoms with Gasteiger partial charge in [-0.25, -0.2) is 16.8 Å². The lowest BCUT2D eigenvalue weighted by molar-refractivity contribution is 0.0286. The number of hydrogen-bond donors (Lipinski definition) is 0. The Hall–Kier alpha value is -1.70. The first kappa shape index (κ1) is 20.6. The molecule has 156 valence electrons. The Morgan fingerprint density at radius 3 is 2.21 bits per heavy atom. The molecule has 1 aliphatic carbocycles. The SMILES string of the molecule is Cc1ccc(S(=O)(=O)C[C@H]2O[C@H]3CCCC[C@@H]3[C@H]2S(=O)(=O)c2ccccc2)cc1. The van der Waals surface area contributed by atoms with Crippen molar-refractivity contribution in [2.45, 2.75) is 59.9 Å². The molecule has 0 unspecified atom stereocenters. The summed E-state index contributed by atoms with van der Waals surface area (Å²) in [5, 5.41) is -0.838. The molecule has 5 nitrogen and oxygen atoms in total. The van der Waals surface area contributed by atoms with Crippen molar-refractivity contribution >= 4 is 19.7 Å². The zero-order valence-electron chi connectivity index (χ0n) is 16.4. The van der Waals surface area contributed by atoms with Gasteiger partial charge in [0.1, 0.15) is 0 Å². The van der Waals surface area contributed by atoms with Gasteiger partial charge in [0.15, 0.2) is 19.7 Å². The minimum atomic E-state index is -3.71. The molecule has 4 rings (SSSR count). The summed E-state index contributed by atoms with van der Waals surface area (Å²) in [6.45, 7) is 1.89. The monoisotopic (exact) mass is 434 g/mol. The summed E-state index contributed by atoms with van der Waals surface area (Å²) >= 11 is 0. The van der Waals surface area contributed by atoms with E-state index < -0.39 is 31.0 Å². The topological polar surface area (TPSA) is 77.5 Å². The Balaban J connectivity index is 1.70. The molecular weight excluding hydrogens is 408 g/mol. The highest BCUT2D eigenvalue weighted by molar-refractivity contribution is 7.93. The Morgan fingerprint density at radius 1 is 0.862 bits per heavy atom. The fourth-order valence-corrected chi connectivity index (χ4v) is 8.40. The lowest BCUT2D eigenvalue weighted by Gasteiger charge is -2.27. The molecule has 0 radical (unpaired) electrons. The third kappa shape index (κ3) is 4.00. The summed E-state index contributed by atoms with van der Waals surface area (Å²) < 4.78 is 59.2. The Kier molecular flexibility index (Phi) is 5.57. The van der Waals surface area contributed by atoms with Crippen LogP contribution < -0.4 is 0 Å². The molecule has 0 N–H and O–H groups in total. The number of aryl methyl sites for hydroxylation is 1. The van der Waals surface area contributed by atoms with Gasteiger partial charge < -0.3 is 4.74 Å². The normalized spacial score (nSPS) is 27.5. The minimum absolute atomic E-state index is 0.160. The number of benzene rings is 2. The van der Waals surface area contributed by atoms with Crippen LogP contribution in [0, 0.1) is 12.8 Å². The molecule has 4 atom stereocenters. The second-order valence-corrected chi connectivity index (χ2v) is 12.2. The fourth-order valence-electron chi connectivity index (χ4n) is 4.64. The maximum atomic E-state index is 13.5. The average Bonchev–Trinajstić information content (AvgIpc) is 3.06. The third-order valence-corrected chi connectivity index (χ3v) is 10.1. The van der Waals surface area contributed by atoms with Crippen LogP contribution in [0.15, 0.2) is 64.4 Å². The Bertz CT molecular complexity index is 1060. The van der Waals surface area contributed by atoms with Crippen LogP contribution >= 0.6 is 0 Å². The van der Waals surface area contributed by atoms with E-state index in [0.717, 1.165) is 31.2 Å². The van der Waals surface area contributed by atoms with Gasteiger partial charge in [-0.1, -0.05) is 48.7 Å². The maximum Gasteiger partial charge on any atom is 0.184 e. The second kappa shape index (κ2) is 7.85. The van der Waals surface area contributed by atoms with Crippen molar-refractivity contribution in [2.24, 2.45) is 5.92 Å². The van der Waals surface area contributed by atoms with Crippen molar-refractivity contribution < 1.29 is 21.6 Å². The van der Waals surface area contributed by atoms with Gasteiger partial charge in [0.2, 0.25) is 0 Å². The maximum absolute atomic E-state index is 13.5. The van der Waals surface area contributed by atoms with Crippen LogP contribution in [0.5, 0.6) is 0 Å². The molecule has 2 aromatic carbocycles. The molecular formula is C22H26O5S2. The summed E-state index contributed by atoms with van der Waals surface area (Å²) in [5.74, 6) is -0.480. The highest BCUT2D eigenvalue weighted by Crippen LogP contribution is 2.43. The molecule has 1 saturated carbocycles. The number of sulfone groups is 2. The molecule has 0 spiro atoms. The number of ether oxygens (including phenoxy) is 1. The first-order valence-corrected chi connectivity index (χ1v) is 13.2. The van der Waals surface area contributed by atoms with E-state index >= 15 is 0 Å². The van der Waals surface area contributed by atoms with Gasteiger partial charge in [-0.15, -0.1) is 0 Å². The van der Waals surface area contributed by atoms with Gasteiger partial charge in [0.25, 0.3) is 0 Å². The van der Waals surface area contributed by atoms with Gasteiger partial charge in [-0.3, -0.25) is 0 Å². The van der Waals surface area contributed by atoms with E-state index in [4.69, 9.17) is 4.74 Å². The van der Waals surface area contributed by atoms with Gasteiger partial charge in [0.05, 0.1) is 33.0 Å². The van der Waals surface area contributed by atoms with Gasteiger partial charge in [0, 0.05) is 5.92 Å². The average molecular weight is 435 g/mol. The number of fused-ring (bicyclic) bond motifs is 1.